The molecule has 0 bridgehead atoms. The summed E-state index contributed by atoms with van der Waals surface area (Å²) in [6.45, 7) is 3.82. The van der Waals surface area contributed by atoms with Crippen molar-refractivity contribution in [1.82, 2.24) is 4.98 Å². The Kier molecular flexibility index (Phi) is 2.97. The Labute approximate surface area is 111 Å². The molecule has 3 rings (SSSR count). The molecule has 3 nitrogen and oxygen atoms in total. The molecule has 1 aromatic heterocycles. The number of aromatic nitrogens is 1. The lowest BCUT2D eigenvalue weighted by molar-refractivity contribution is 0.313. The molecule has 2 aliphatic rings. The molecule has 1 aromatic rings. The van der Waals surface area contributed by atoms with Gasteiger partial charge in [0.2, 0.25) is 5.88 Å². The van der Waals surface area contributed by atoms with Crippen LogP contribution in [0.5, 0.6) is 0 Å². The van der Waals surface area contributed by atoms with Crippen LogP contribution in [0.2, 0.25) is 0 Å². The van der Waals surface area contributed by atoms with Crippen molar-refractivity contribution in [1.29, 1.82) is 0 Å². The Bertz CT molecular complexity index is 775. The predicted molar refractivity (Wildman–Crippen MR) is 73.1 cm³/mol. The van der Waals surface area contributed by atoms with E-state index >= 15 is 0 Å². The fourth-order valence-electron chi connectivity index (χ4n) is 1.93. The highest BCUT2D eigenvalue weighted by molar-refractivity contribution is 5.41. The number of rotatable bonds is 0. The second kappa shape index (κ2) is 4.92. The lowest BCUT2D eigenvalue weighted by Gasteiger charge is -2.07. The molecule has 92 valence electrons. The zero-order valence-electron chi connectivity index (χ0n) is 10.3. The molecule has 0 aromatic carbocycles. The molecule has 0 unspecified atom stereocenters. The molecule has 0 atom stereocenters. The summed E-state index contributed by atoms with van der Waals surface area (Å²) in [6.07, 6.45) is 12.1. The summed E-state index contributed by atoms with van der Waals surface area (Å²) in [5.41, 5.74) is 4.72. The summed E-state index contributed by atoms with van der Waals surface area (Å²) in [7, 11) is 0. The largest absolute Gasteiger partial charge is 0.439 e. The Morgan fingerprint density at radius 1 is 1.37 bits per heavy atom. The van der Waals surface area contributed by atoms with E-state index in [0.717, 1.165) is 23.0 Å². The van der Waals surface area contributed by atoms with E-state index in [1.165, 1.54) is 0 Å². The summed E-state index contributed by atoms with van der Waals surface area (Å²) < 4.78 is 5.68. The van der Waals surface area contributed by atoms with Crippen LogP contribution in [0.1, 0.15) is 6.42 Å². The Morgan fingerprint density at radius 2 is 2.32 bits per heavy atom. The van der Waals surface area contributed by atoms with E-state index in [-0.39, 0.29) is 0 Å². The van der Waals surface area contributed by atoms with Crippen LogP contribution in [0.3, 0.4) is 0 Å². The van der Waals surface area contributed by atoms with Gasteiger partial charge < -0.3 is 4.74 Å². The molecule has 0 N–H and O–H groups in total. The second-order valence-corrected chi connectivity index (χ2v) is 4.16. The van der Waals surface area contributed by atoms with Gasteiger partial charge in [0.25, 0.3) is 0 Å². The monoisotopic (exact) mass is 248 g/mol. The van der Waals surface area contributed by atoms with Gasteiger partial charge >= 0.3 is 0 Å². The van der Waals surface area contributed by atoms with Crippen molar-refractivity contribution in [2.45, 2.75) is 6.42 Å². The quantitative estimate of drug-likeness (QED) is 0.657. The van der Waals surface area contributed by atoms with E-state index in [2.05, 4.69) is 28.4 Å². The number of ether oxygens (including phenoxy) is 1. The maximum Gasteiger partial charge on any atom is 0.214 e. The van der Waals surface area contributed by atoms with Gasteiger partial charge in [0.15, 0.2) is 5.49 Å². The van der Waals surface area contributed by atoms with E-state index in [1.54, 1.807) is 12.3 Å². The predicted octanol–water partition coefficient (Wildman–Crippen LogP) is 1.91. The van der Waals surface area contributed by atoms with Gasteiger partial charge in [-0.1, -0.05) is 18.2 Å². The topological polar surface area (TPSA) is 34.5 Å². The molecule has 1 aliphatic carbocycles. The minimum absolute atomic E-state index is 0.330. The highest BCUT2D eigenvalue weighted by atomic mass is 16.5. The van der Waals surface area contributed by atoms with Crippen molar-refractivity contribution in [3.8, 4) is 0 Å². The van der Waals surface area contributed by atoms with E-state index in [9.17, 15) is 0 Å². The van der Waals surface area contributed by atoms with Crippen molar-refractivity contribution in [2.24, 2.45) is 4.99 Å². The van der Waals surface area contributed by atoms with Crippen LogP contribution < -0.4 is 10.7 Å². The minimum atomic E-state index is 0.330. The van der Waals surface area contributed by atoms with Gasteiger partial charge in [-0.15, -0.1) is 5.73 Å². The number of nitrogens with zero attached hydrogens (tertiary/aromatic N) is 2. The third-order valence-corrected chi connectivity index (χ3v) is 2.84. The zero-order valence-corrected chi connectivity index (χ0v) is 10.3. The van der Waals surface area contributed by atoms with Crippen LogP contribution in [0.15, 0.2) is 77.2 Å². The summed E-state index contributed by atoms with van der Waals surface area (Å²) in [5, 5.41) is 0.982. The van der Waals surface area contributed by atoms with E-state index in [4.69, 9.17) is 4.74 Å². The average molecular weight is 248 g/mol. The Morgan fingerprint density at radius 3 is 3.26 bits per heavy atom. The molecule has 3 heteroatoms. The molecule has 0 saturated heterocycles. The standard InChI is InChI=1S/C16H12N2O/c1-12-18-16-14(7-5-11-17-16)10-9-13-6-3-2-4-8-15(13)19-12/h2-3,5-8,10-11H,1,9H2/b14-10-,18-16+. The lowest BCUT2D eigenvalue weighted by atomic mass is 10.1. The van der Waals surface area contributed by atoms with Gasteiger partial charge in [-0.2, -0.15) is 4.99 Å². The number of pyridine rings is 1. The van der Waals surface area contributed by atoms with E-state index in [1.807, 2.05) is 30.4 Å². The van der Waals surface area contributed by atoms with Gasteiger partial charge in [-0.3, -0.25) is 0 Å². The first-order valence-corrected chi connectivity index (χ1v) is 6.02. The maximum absolute atomic E-state index is 5.68. The van der Waals surface area contributed by atoms with Crippen molar-refractivity contribution in [3.05, 3.63) is 82.9 Å². The van der Waals surface area contributed by atoms with Crippen molar-refractivity contribution in [2.75, 3.05) is 0 Å². The third-order valence-electron chi connectivity index (χ3n) is 2.84. The summed E-state index contributed by atoms with van der Waals surface area (Å²) >= 11 is 0. The van der Waals surface area contributed by atoms with Crippen LogP contribution in [0, 0.1) is 0 Å². The molecule has 0 radical (unpaired) electrons. The zero-order chi connectivity index (χ0) is 13.1. The first kappa shape index (κ1) is 11.5. The highest BCUT2D eigenvalue weighted by Crippen LogP contribution is 2.19. The van der Waals surface area contributed by atoms with Crippen LogP contribution in [0.4, 0.5) is 0 Å². The maximum atomic E-state index is 5.68. The van der Waals surface area contributed by atoms with Crippen molar-refractivity contribution in [3.63, 3.8) is 0 Å². The first-order chi connectivity index (χ1) is 9.33. The van der Waals surface area contributed by atoms with Crippen LogP contribution in [0.25, 0.3) is 6.08 Å². The Balaban J connectivity index is 2.18. The average Bonchev–Trinajstić information content (AvgIpc) is 2.59. The number of hydrogen-bond donors (Lipinski definition) is 0. The molecule has 0 spiro atoms. The summed E-state index contributed by atoms with van der Waals surface area (Å²) in [6, 6.07) is 3.88. The van der Waals surface area contributed by atoms with Crippen LogP contribution in [-0.4, -0.2) is 4.98 Å². The molecular weight excluding hydrogens is 236 g/mol. The van der Waals surface area contributed by atoms with Gasteiger partial charge in [0.1, 0.15) is 5.76 Å². The van der Waals surface area contributed by atoms with Crippen molar-refractivity contribution >= 4 is 6.08 Å². The fourth-order valence-corrected chi connectivity index (χ4v) is 1.93. The summed E-state index contributed by atoms with van der Waals surface area (Å²) in [4.78, 5) is 8.55. The van der Waals surface area contributed by atoms with Gasteiger partial charge in [0, 0.05) is 17.5 Å². The number of allylic oxidation sites excluding steroid dienone is 4. The van der Waals surface area contributed by atoms with Gasteiger partial charge in [-0.25, -0.2) is 4.98 Å². The third kappa shape index (κ3) is 2.46. The normalized spacial score (nSPS) is 20.5. The minimum Gasteiger partial charge on any atom is -0.439 e. The molecular formula is C16H12N2O. The fraction of sp³-hybridized carbons (Fsp3) is 0.0625. The molecule has 19 heavy (non-hydrogen) atoms. The molecule has 0 fully saturated rings. The number of fused-ring (bicyclic) bond motifs is 1. The smallest absolute Gasteiger partial charge is 0.214 e. The van der Waals surface area contributed by atoms with E-state index in [0.29, 0.717) is 11.4 Å². The second-order valence-electron chi connectivity index (χ2n) is 4.16. The van der Waals surface area contributed by atoms with Crippen LogP contribution >= 0.6 is 0 Å². The molecule has 1 aliphatic heterocycles. The molecule has 2 heterocycles. The molecule has 0 amide bonds. The highest BCUT2D eigenvalue weighted by Gasteiger charge is 2.07. The Hall–Kier alpha value is -2.64. The van der Waals surface area contributed by atoms with Gasteiger partial charge in [-0.05, 0) is 36.8 Å². The number of hydrogen-bond acceptors (Lipinski definition) is 3. The lowest BCUT2D eigenvalue weighted by Crippen LogP contribution is -2.27. The summed E-state index contributed by atoms with van der Waals surface area (Å²) in [5.74, 6) is 1.05. The molecule has 0 saturated carbocycles. The first-order valence-electron chi connectivity index (χ1n) is 6.02. The van der Waals surface area contributed by atoms with E-state index < -0.39 is 0 Å². The van der Waals surface area contributed by atoms with Crippen LogP contribution in [-0.2, 0) is 4.74 Å². The van der Waals surface area contributed by atoms with Gasteiger partial charge in [0.05, 0.1) is 0 Å². The van der Waals surface area contributed by atoms with Crippen molar-refractivity contribution < 1.29 is 4.74 Å². The SMILES string of the molecule is C=C1/N=c2/nccc/c2=C/CC2=C(C=C=CC=C2)O1.